The highest BCUT2D eigenvalue weighted by molar-refractivity contribution is 6.61. The smallest absolute Gasteiger partial charge is 0.399 e. The van der Waals surface area contributed by atoms with Gasteiger partial charge in [0, 0.05) is 50.0 Å². The van der Waals surface area contributed by atoms with Crippen LogP contribution in [-0.2, 0) is 14.1 Å². The van der Waals surface area contributed by atoms with Crippen LogP contribution in [0.25, 0.3) is 0 Å². The minimum atomic E-state index is -0.463. The lowest BCUT2D eigenvalue weighted by Gasteiger charge is -2.33. The zero-order valence-electron chi connectivity index (χ0n) is 18.2. The van der Waals surface area contributed by atoms with E-state index in [2.05, 4.69) is 28.7 Å². The van der Waals surface area contributed by atoms with Crippen molar-refractivity contribution < 1.29 is 14.1 Å². The van der Waals surface area contributed by atoms with Gasteiger partial charge < -0.3 is 19.1 Å². The third kappa shape index (κ3) is 4.03. The Morgan fingerprint density at radius 2 is 1.82 bits per heavy atom. The van der Waals surface area contributed by atoms with E-state index in [0.717, 1.165) is 31.4 Å². The standard InChI is InChI=1S/C20H33BN4O3/c1-14(2)25(13-17-9-8-10-24(17)15(3)26)18-22-11-16(12-23-18)21-27-19(4,5)20(6,7)28-21/h11-12,14,17H,8-10,13H2,1-7H3. The molecule has 2 saturated heterocycles. The van der Waals surface area contributed by atoms with E-state index in [1.807, 2.05) is 32.6 Å². The van der Waals surface area contributed by atoms with Crippen LogP contribution in [0.15, 0.2) is 12.4 Å². The van der Waals surface area contributed by atoms with Crippen molar-refractivity contribution in [3.05, 3.63) is 12.4 Å². The molecule has 0 aliphatic carbocycles. The van der Waals surface area contributed by atoms with Crippen molar-refractivity contribution in [3.8, 4) is 0 Å². The number of hydrogen-bond acceptors (Lipinski definition) is 6. The zero-order valence-corrected chi connectivity index (χ0v) is 18.2. The molecule has 0 N–H and O–H groups in total. The van der Waals surface area contributed by atoms with Gasteiger partial charge >= 0.3 is 7.12 Å². The van der Waals surface area contributed by atoms with Crippen molar-refractivity contribution in [2.75, 3.05) is 18.0 Å². The van der Waals surface area contributed by atoms with E-state index >= 15 is 0 Å². The summed E-state index contributed by atoms with van der Waals surface area (Å²) in [6.07, 6.45) is 5.65. The van der Waals surface area contributed by atoms with E-state index in [9.17, 15) is 4.79 Å². The number of carbonyl (C=O) groups is 1. The van der Waals surface area contributed by atoms with Gasteiger partial charge in [-0.3, -0.25) is 4.79 Å². The normalized spacial score (nSPS) is 23.5. The Hall–Kier alpha value is -1.67. The summed E-state index contributed by atoms with van der Waals surface area (Å²) in [5.41, 5.74) is 0.0371. The van der Waals surface area contributed by atoms with E-state index in [-0.39, 0.29) is 29.2 Å². The van der Waals surface area contributed by atoms with E-state index < -0.39 is 7.12 Å². The summed E-state index contributed by atoms with van der Waals surface area (Å²) in [6.45, 7) is 15.6. The molecule has 1 unspecified atom stereocenters. The minimum Gasteiger partial charge on any atom is -0.399 e. The number of amides is 1. The van der Waals surface area contributed by atoms with Crippen molar-refractivity contribution in [2.24, 2.45) is 0 Å². The Kier molecular flexibility index (Phi) is 5.74. The maximum absolute atomic E-state index is 11.9. The van der Waals surface area contributed by atoms with Crippen molar-refractivity contribution in [3.63, 3.8) is 0 Å². The van der Waals surface area contributed by atoms with Crippen molar-refractivity contribution >= 4 is 24.4 Å². The maximum atomic E-state index is 11.9. The summed E-state index contributed by atoms with van der Waals surface area (Å²) in [4.78, 5) is 25.2. The third-order valence-corrected chi connectivity index (χ3v) is 6.25. The molecule has 1 atom stereocenters. The molecule has 154 valence electrons. The van der Waals surface area contributed by atoms with Crippen LogP contribution in [0.4, 0.5) is 5.95 Å². The largest absolute Gasteiger partial charge is 0.498 e. The lowest BCUT2D eigenvalue weighted by molar-refractivity contribution is -0.129. The molecule has 3 heterocycles. The Labute approximate surface area is 168 Å². The predicted molar refractivity (Wildman–Crippen MR) is 111 cm³/mol. The van der Waals surface area contributed by atoms with E-state index in [1.165, 1.54) is 0 Å². The van der Waals surface area contributed by atoms with Gasteiger partial charge in [0.2, 0.25) is 11.9 Å². The van der Waals surface area contributed by atoms with Crippen LogP contribution in [0.5, 0.6) is 0 Å². The number of nitrogens with zero attached hydrogens (tertiary/aromatic N) is 4. The molecule has 0 aromatic carbocycles. The fraction of sp³-hybridized carbons (Fsp3) is 0.750. The van der Waals surface area contributed by atoms with Gasteiger partial charge in [-0.1, -0.05) is 0 Å². The van der Waals surface area contributed by atoms with Crippen molar-refractivity contribution in [1.29, 1.82) is 0 Å². The molecular weight excluding hydrogens is 355 g/mol. The van der Waals surface area contributed by atoms with Crippen LogP contribution < -0.4 is 10.4 Å². The third-order valence-electron chi connectivity index (χ3n) is 6.25. The monoisotopic (exact) mass is 388 g/mol. The van der Waals surface area contributed by atoms with Gasteiger partial charge in [0.15, 0.2) is 0 Å². The van der Waals surface area contributed by atoms with Gasteiger partial charge in [0.05, 0.1) is 11.2 Å². The summed E-state index contributed by atoms with van der Waals surface area (Å²) in [5, 5.41) is 0. The predicted octanol–water partition coefficient (Wildman–Crippen LogP) is 2.00. The second-order valence-electron chi connectivity index (χ2n) is 9.16. The Morgan fingerprint density at radius 1 is 1.25 bits per heavy atom. The summed E-state index contributed by atoms with van der Waals surface area (Å²) in [5.74, 6) is 0.814. The average Bonchev–Trinajstić information content (AvgIpc) is 3.14. The fourth-order valence-corrected chi connectivity index (χ4v) is 3.77. The van der Waals surface area contributed by atoms with Crippen LogP contribution >= 0.6 is 0 Å². The molecule has 1 amide bonds. The van der Waals surface area contributed by atoms with Crippen LogP contribution in [0.1, 0.15) is 61.3 Å². The fourth-order valence-electron chi connectivity index (χ4n) is 3.77. The molecule has 2 aliphatic rings. The van der Waals surface area contributed by atoms with Crippen LogP contribution in [0, 0.1) is 0 Å². The van der Waals surface area contributed by atoms with Crippen LogP contribution in [0.2, 0.25) is 0 Å². The highest BCUT2D eigenvalue weighted by Crippen LogP contribution is 2.36. The van der Waals surface area contributed by atoms with Crippen molar-refractivity contribution in [1.82, 2.24) is 14.9 Å². The number of likely N-dealkylation sites (tertiary alicyclic amines) is 1. The molecule has 1 aromatic rings. The van der Waals surface area contributed by atoms with Crippen molar-refractivity contribution in [2.45, 2.75) is 84.6 Å². The first-order chi connectivity index (χ1) is 13.0. The maximum Gasteiger partial charge on any atom is 0.498 e. The van der Waals surface area contributed by atoms with Crippen LogP contribution in [0.3, 0.4) is 0 Å². The average molecular weight is 388 g/mol. The minimum absolute atomic E-state index is 0.142. The van der Waals surface area contributed by atoms with E-state index in [0.29, 0.717) is 5.95 Å². The molecule has 0 radical (unpaired) electrons. The summed E-state index contributed by atoms with van der Waals surface area (Å²) in [7, 11) is -0.463. The van der Waals surface area contributed by atoms with Gasteiger partial charge in [0.1, 0.15) is 0 Å². The second kappa shape index (κ2) is 7.63. The van der Waals surface area contributed by atoms with Gasteiger partial charge in [-0.05, 0) is 54.4 Å². The Balaban J connectivity index is 1.74. The Bertz CT molecular complexity index is 692. The molecule has 7 nitrogen and oxygen atoms in total. The number of hydrogen-bond donors (Lipinski definition) is 0. The van der Waals surface area contributed by atoms with Gasteiger partial charge in [-0.15, -0.1) is 0 Å². The molecule has 28 heavy (non-hydrogen) atoms. The molecule has 3 rings (SSSR count). The van der Waals surface area contributed by atoms with E-state index in [1.54, 1.807) is 19.3 Å². The first-order valence-electron chi connectivity index (χ1n) is 10.2. The molecule has 0 spiro atoms. The van der Waals surface area contributed by atoms with Gasteiger partial charge in [0.25, 0.3) is 0 Å². The summed E-state index contributed by atoms with van der Waals surface area (Å²) >= 11 is 0. The molecule has 1 aromatic heterocycles. The second-order valence-corrected chi connectivity index (χ2v) is 9.16. The highest BCUT2D eigenvalue weighted by atomic mass is 16.7. The van der Waals surface area contributed by atoms with E-state index in [4.69, 9.17) is 9.31 Å². The summed E-state index contributed by atoms with van der Waals surface area (Å²) < 4.78 is 12.2. The molecule has 8 heteroatoms. The number of aromatic nitrogens is 2. The number of anilines is 1. The molecular formula is C20H33BN4O3. The molecule has 0 saturated carbocycles. The SMILES string of the molecule is CC(=O)N1CCCC1CN(c1ncc(B2OC(C)(C)C(C)(C)O2)cn1)C(C)C. The first kappa shape index (κ1) is 21.1. The van der Waals surface area contributed by atoms with Gasteiger partial charge in [-0.2, -0.15) is 0 Å². The molecule has 2 fully saturated rings. The van der Waals surface area contributed by atoms with Crippen LogP contribution in [-0.4, -0.2) is 64.3 Å². The topological polar surface area (TPSA) is 67.8 Å². The first-order valence-corrected chi connectivity index (χ1v) is 10.2. The molecule has 2 aliphatic heterocycles. The molecule has 0 bridgehead atoms. The quantitative estimate of drug-likeness (QED) is 0.719. The number of carbonyl (C=O) groups excluding carboxylic acids is 1. The lowest BCUT2D eigenvalue weighted by Crippen LogP contribution is -2.46. The Morgan fingerprint density at radius 3 is 2.32 bits per heavy atom. The lowest BCUT2D eigenvalue weighted by atomic mass is 9.81. The highest BCUT2D eigenvalue weighted by Gasteiger charge is 2.52. The van der Waals surface area contributed by atoms with Gasteiger partial charge in [-0.25, -0.2) is 9.97 Å². The number of rotatable bonds is 5. The zero-order chi connectivity index (χ0) is 20.7. The summed E-state index contributed by atoms with van der Waals surface area (Å²) in [6, 6.07) is 0.448.